The van der Waals surface area contributed by atoms with E-state index >= 15 is 0 Å². The van der Waals surface area contributed by atoms with Crippen LogP contribution in [0.3, 0.4) is 0 Å². The van der Waals surface area contributed by atoms with Gasteiger partial charge in [-0.25, -0.2) is 12.7 Å². The Morgan fingerprint density at radius 3 is 2.44 bits per heavy atom. The molecular formula is C10H20N2O2S2. The van der Waals surface area contributed by atoms with Crippen LogP contribution in [0.4, 0.5) is 0 Å². The van der Waals surface area contributed by atoms with E-state index in [-0.39, 0.29) is 11.3 Å². The molecule has 0 bridgehead atoms. The number of hydrogen-bond donors (Lipinski definition) is 1. The molecule has 0 spiro atoms. The van der Waals surface area contributed by atoms with Crippen molar-refractivity contribution in [2.75, 3.05) is 7.05 Å². The van der Waals surface area contributed by atoms with E-state index in [2.05, 4.69) is 0 Å². The van der Waals surface area contributed by atoms with Gasteiger partial charge in [0.25, 0.3) is 0 Å². The average molecular weight is 264 g/mol. The summed E-state index contributed by atoms with van der Waals surface area (Å²) in [5.41, 5.74) is 5.44. The van der Waals surface area contributed by atoms with Gasteiger partial charge in [0.2, 0.25) is 10.0 Å². The summed E-state index contributed by atoms with van der Waals surface area (Å²) < 4.78 is 25.8. The van der Waals surface area contributed by atoms with Gasteiger partial charge >= 0.3 is 0 Å². The number of nitrogens with zero attached hydrogens (tertiary/aromatic N) is 1. The zero-order chi connectivity index (χ0) is 12.3. The van der Waals surface area contributed by atoms with E-state index in [0.717, 1.165) is 25.7 Å². The van der Waals surface area contributed by atoms with Crippen LogP contribution in [-0.2, 0) is 10.0 Å². The number of hydrogen-bond acceptors (Lipinski definition) is 3. The van der Waals surface area contributed by atoms with Crippen LogP contribution in [0, 0.1) is 0 Å². The lowest BCUT2D eigenvalue weighted by molar-refractivity contribution is 0.390. The lowest BCUT2D eigenvalue weighted by atomic mass is 10.2. The molecule has 16 heavy (non-hydrogen) atoms. The van der Waals surface area contributed by atoms with Crippen molar-refractivity contribution in [1.82, 2.24) is 4.31 Å². The molecule has 0 aromatic heterocycles. The summed E-state index contributed by atoms with van der Waals surface area (Å²) >= 11 is 4.80. The fourth-order valence-electron chi connectivity index (χ4n) is 2.09. The second-order valence-electron chi connectivity index (χ2n) is 4.49. The maximum Gasteiger partial charge on any atom is 0.216 e. The van der Waals surface area contributed by atoms with Gasteiger partial charge in [-0.3, -0.25) is 0 Å². The van der Waals surface area contributed by atoms with Crippen LogP contribution in [0.2, 0.25) is 0 Å². The highest BCUT2D eigenvalue weighted by Crippen LogP contribution is 2.27. The van der Waals surface area contributed by atoms with Crippen molar-refractivity contribution < 1.29 is 8.42 Å². The molecule has 0 aromatic carbocycles. The molecule has 1 aliphatic rings. The lowest BCUT2D eigenvalue weighted by Crippen LogP contribution is -2.41. The first kappa shape index (κ1) is 13.9. The molecule has 6 heteroatoms. The molecule has 1 aliphatic carbocycles. The molecule has 4 nitrogen and oxygen atoms in total. The van der Waals surface area contributed by atoms with Crippen LogP contribution in [0.25, 0.3) is 0 Å². The third kappa shape index (κ3) is 3.15. The first-order valence-electron chi connectivity index (χ1n) is 5.61. The molecule has 0 aromatic rings. The molecule has 1 saturated carbocycles. The molecule has 2 N–H and O–H groups in total. The fourth-order valence-corrected chi connectivity index (χ4v) is 4.31. The Bertz CT molecular complexity index is 348. The molecule has 1 unspecified atom stereocenters. The van der Waals surface area contributed by atoms with Crippen molar-refractivity contribution in [3.8, 4) is 0 Å². The maximum absolute atomic E-state index is 12.2. The summed E-state index contributed by atoms with van der Waals surface area (Å²) in [4.78, 5) is 0.362. The normalized spacial score (nSPS) is 20.2. The minimum Gasteiger partial charge on any atom is -0.393 e. The van der Waals surface area contributed by atoms with E-state index in [1.165, 1.54) is 4.31 Å². The second kappa shape index (κ2) is 5.42. The Labute approximate surface area is 103 Å². The minimum absolute atomic E-state index is 0.150. The summed E-state index contributed by atoms with van der Waals surface area (Å²) in [6.45, 7) is 1.84. The monoisotopic (exact) mass is 264 g/mol. The van der Waals surface area contributed by atoms with Gasteiger partial charge in [-0.05, 0) is 19.8 Å². The van der Waals surface area contributed by atoms with E-state index in [1.807, 2.05) is 6.92 Å². The Morgan fingerprint density at radius 1 is 1.50 bits per heavy atom. The highest BCUT2D eigenvalue weighted by Gasteiger charge is 2.34. The van der Waals surface area contributed by atoms with E-state index < -0.39 is 10.0 Å². The second-order valence-corrected chi connectivity index (χ2v) is 7.28. The van der Waals surface area contributed by atoms with Gasteiger partial charge in [-0.2, -0.15) is 0 Å². The minimum atomic E-state index is -3.17. The maximum atomic E-state index is 12.2. The number of sulfonamides is 1. The Balaban J connectivity index is 2.70. The van der Waals surface area contributed by atoms with Crippen LogP contribution in [-0.4, -0.2) is 36.1 Å². The highest BCUT2D eigenvalue weighted by molar-refractivity contribution is 7.89. The van der Waals surface area contributed by atoms with Crippen LogP contribution >= 0.6 is 12.2 Å². The van der Waals surface area contributed by atoms with E-state index in [1.54, 1.807) is 7.05 Å². The molecular weight excluding hydrogens is 244 g/mol. The zero-order valence-corrected chi connectivity index (χ0v) is 11.5. The van der Waals surface area contributed by atoms with Crippen LogP contribution in [0.1, 0.15) is 39.0 Å². The van der Waals surface area contributed by atoms with Crippen molar-refractivity contribution >= 4 is 27.2 Å². The predicted octanol–water partition coefficient (Wildman–Crippen LogP) is 1.26. The van der Waals surface area contributed by atoms with Crippen molar-refractivity contribution in [2.45, 2.75) is 50.3 Å². The van der Waals surface area contributed by atoms with Gasteiger partial charge in [-0.1, -0.05) is 25.1 Å². The third-order valence-electron chi connectivity index (χ3n) is 3.24. The van der Waals surface area contributed by atoms with Crippen molar-refractivity contribution in [2.24, 2.45) is 5.73 Å². The standard InChI is InChI=1S/C10H20N2O2S2/c1-8(7-10(11)15)12(2)16(13,14)9-5-3-4-6-9/h8-9H,3-7H2,1-2H3,(H2,11,15). The van der Waals surface area contributed by atoms with Crippen LogP contribution in [0.5, 0.6) is 0 Å². The first-order valence-corrected chi connectivity index (χ1v) is 7.52. The molecule has 0 aliphatic heterocycles. The molecule has 0 heterocycles. The number of rotatable bonds is 5. The molecule has 0 radical (unpaired) electrons. The molecule has 0 amide bonds. The van der Waals surface area contributed by atoms with E-state index in [0.29, 0.717) is 11.4 Å². The summed E-state index contributed by atoms with van der Waals surface area (Å²) in [6, 6.07) is -0.150. The van der Waals surface area contributed by atoms with E-state index in [9.17, 15) is 8.42 Å². The zero-order valence-electron chi connectivity index (χ0n) is 9.85. The predicted molar refractivity (Wildman–Crippen MR) is 69.8 cm³/mol. The van der Waals surface area contributed by atoms with Gasteiger partial charge in [0, 0.05) is 19.5 Å². The topological polar surface area (TPSA) is 63.4 Å². The summed E-state index contributed by atoms with van der Waals surface area (Å²) in [5, 5.41) is -0.203. The van der Waals surface area contributed by atoms with Gasteiger partial charge in [0.05, 0.1) is 10.2 Å². The SMILES string of the molecule is CC(CC(N)=S)N(C)S(=O)(=O)C1CCCC1. The average Bonchev–Trinajstić information content (AvgIpc) is 2.68. The Morgan fingerprint density at radius 2 is 2.00 bits per heavy atom. The Hall–Kier alpha value is -0.200. The highest BCUT2D eigenvalue weighted by atomic mass is 32.2. The number of nitrogens with two attached hydrogens (primary N) is 1. The molecule has 0 saturated heterocycles. The molecule has 1 atom stereocenters. The Kier molecular flexibility index (Phi) is 4.70. The molecule has 94 valence electrons. The van der Waals surface area contributed by atoms with Crippen molar-refractivity contribution in [3.05, 3.63) is 0 Å². The van der Waals surface area contributed by atoms with Gasteiger partial charge in [0.1, 0.15) is 0 Å². The van der Waals surface area contributed by atoms with Gasteiger partial charge in [0.15, 0.2) is 0 Å². The van der Waals surface area contributed by atoms with Gasteiger partial charge < -0.3 is 5.73 Å². The van der Waals surface area contributed by atoms with E-state index in [4.69, 9.17) is 18.0 Å². The largest absolute Gasteiger partial charge is 0.393 e. The fraction of sp³-hybridized carbons (Fsp3) is 0.900. The lowest BCUT2D eigenvalue weighted by Gasteiger charge is -2.26. The van der Waals surface area contributed by atoms with Crippen molar-refractivity contribution in [1.29, 1.82) is 0 Å². The third-order valence-corrected chi connectivity index (χ3v) is 5.89. The summed E-state index contributed by atoms with van der Waals surface area (Å²) in [7, 11) is -1.54. The van der Waals surface area contributed by atoms with Crippen LogP contribution < -0.4 is 5.73 Å². The summed E-state index contributed by atoms with van der Waals surface area (Å²) in [5.74, 6) is 0. The summed E-state index contributed by atoms with van der Waals surface area (Å²) in [6.07, 6.45) is 4.04. The molecule has 1 fully saturated rings. The number of thiocarbonyl (C=S) groups is 1. The molecule has 1 rings (SSSR count). The quantitative estimate of drug-likeness (QED) is 0.759. The first-order chi connectivity index (χ1) is 7.35. The van der Waals surface area contributed by atoms with Crippen LogP contribution in [0.15, 0.2) is 0 Å². The van der Waals surface area contributed by atoms with Gasteiger partial charge in [-0.15, -0.1) is 0 Å². The smallest absolute Gasteiger partial charge is 0.216 e. The van der Waals surface area contributed by atoms with Crippen molar-refractivity contribution in [3.63, 3.8) is 0 Å².